The number of allylic oxidation sites excluding steroid dienone is 1. The third kappa shape index (κ3) is 5.07. The van der Waals surface area contributed by atoms with E-state index in [4.69, 9.17) is 0 Å². The Morgan fingerprint density at radius 1 is 0.972 bits per heavy atom. The summed E-state index contributed by atoms with van der Waals surface area (Å²) in [5.41, 5.74) is 1.92. The van der Waals surface area contributed by atoms with Crippen molar-refractivity contribution in [2.75, 3.05) is 13.7 Å². The fourth-order valence-corrected chi connectivity index (χ4v) is 5.78. The average Bonchev–Trinajstić information content (AvgIpc) is 3.22. The van der Waals surface area contributed by atoms with E-state index in [-0.39, 0.29) is 30.2 Å². The molecule has 1 fully saturated rings. The van der Waals surface area contributed by atoms with Crippen LogP contribution in [-0.2, 0) is 27.3 Å². The second-order valence-corrected chi connectivity index (χ2v) is 9.62. The molecule has 0 radical (unpaired) electrons. The number of hydrogen-bond acceptors (Lipinski definition) is 4. The molecule has 36 heavy (non-hydrogen) atoms. The number of carbonyl (C=O) groups is 3. The Balaban J connectivity index is 1.69. The molecule has 190 valence electrons. The SMILES string of the molecule is CC[C@@H]1C=C[C@H]2[C@@H](C(=O)N([C@@H](CO)Cc3ccccc3)[C@@H]2C(=O)NCc2ccccc2)[C@@H]1C(=O)NC. The van der Waals surface area contributed by atoms with Gasteiger partial charge in [0.05, 0.1) is 24.5 Å². The molecule has 2 aromatic carbocycles. The summed E-state index contributed by atoms with van der Waals surface area (Å²) >= 11 is 0. The van der Waals surface area contributed by atoms with Gasteiger partial charge in [-0.25, -0.2) is 0 Å². The number of rotatable bonds is 9. The fraction of sp³-hybridized carbons (Fsp3) is 0.414. The highest BCUT2D eigenvalue weighted by atomic mass is 16.3. The summed E-state index contributed by atoms with van der Waals surface area (Å²) in [7, 11) is 1.58. The Bertz CT molecular complexity index is 1090. The average molecular weight is 490 g/mol. The molecule has 0 spiro atoms. The summed E-state index contributed by atoms with van der Waals surface area (Å²) in [5.74, 6) is -2.48. The first-order chi connectivity index (χ1) is 17.5. The smallest absolute Gasteiger partial charge is 0.243 e. The second kappa shape index (κ2) is 11.5. The number of nitrogens with zero attached hydrogens (tertiary/aromatic N) is 1. The van der Waals surface area contributed by atoms with Crippen LogP contribution in [0.3, 0.4) is 0 Å². The van der Waals surface area contributed by atoms with Crippen molar-refractivity contribution in [3.63, 3.8) is 0 Å². The molecule has 1 heterocycles. The standard InChI is InChI=1S/C29H35N3O4/c1-3-21-14-15-23-25(24(21)27(34)30-2)29(36)32(22(18-33)16-19-10-6-4-7-11-19)26(23)28(35)31-17-20-12-8-5-9-13-20/h4-15,21-26,33H,3,16-18H2,1-2H3,(H,30,34)(H,31,35)/t21-,22-,23+,24-,25-,26+/m1/s1. The molecule has 4 rings (SSSR count). The van der Waals surface area contributed by atoms with Crippen LogP contribution in [0.4, 0.5) is 0 Å². The lowest BCUT2D eigenvalue weighted by Gasteiger charge is -2.34. The molecule has 2 aromatic rings. The van der Waals surface area contributed by atoms with Gasteiger partial charge in [-0.2, -0.15) is 0 Å². The highest BCUT2D eigenvalue weighted by Crippen LogP contribution is 2.45. The van der Waals surface area contributed by atoms with Crippen LogP contribution < -0.4 is 10.6 Å². The van der Waals surface area contributed by atoms with Crippen molar-refractivity contribution in [1.82, 2.24) is 15.5 Å². The fourth-order valence-electron chi connectivity index (χ4n) is 5.78. The topological polar surface area (TPSA) is 98.7 Å². The van der Waals surface area contributed by atoms with Gasteiger partial charge in [0, 0.05) is 19.5 Å². The van der Waals surface area contributed by atoms with E-state index in [1.165, 1.54) is 0 Å². The van der Waals surface area contributed by atoms with Crippen LogP contribution in [0.15, 0.2) is 72.8 Å². The molecule has 0 aromatic heterocycles. The molecule has 0 saturated carbocycles. The van der Waals surface area contributed by atoms with Gasteiger partial charge in [-0.3, -0.25) is 14.4 Å². The maximum atomic E-state index is 14.0. The van der Waals surface area contributed by atoms with Crippen LogP contribution in [-0.4, -0.2) is 53.5 Å². The molecule has 1 aliphatic carbocycles. The third-order valence-corrected chi connectivity index (χ3v) is 7.56. The first-order valence-corrected chi connectivity index (χ1v) is 12.7. The zero-order valence-electron chi connectivity index (χ0n) is 20.8. The zero-order valence-corrected chi connectivity index (χ0v) is 20.8. The highest BCUT2D eigenvalue weighted by Gasteiger charge is 2.58. The van der Waals surface area contributed by atoms with E-state index in [1.54, 1.807) is 11.9 Å². The molecular weight excluding hydrogens is 454 g/mol. The second-order valence-electron chi connectivity index (χ2n) is 9.62. The molecule has 6 atom stereocenters. The molecule has 1 saturated heterocycles. The van der Waals surface area contributed by atoms with Crippen molar-refractivity contribution in [2.24, 2.45) is 23.7 Å². The molecule has 2 aliphatic rings. The summed E-state index contributed by atoms with van der Waals surface area (Å²) in [4.78, 5) is 42.3. The minimum absolute atomic E-state index is 0.0928. The van der Waals surface area contributed by atoms with Gasteiger partial charge in [0.1, 0.15) is 6.04 Å². The molecule has 7 heteroatoms. The lowest BCUT2D eigenvalue weighted by atomic mass is 9.69. The summed E-state index contributed by atoms with van der Waals surface area (Å²) in [6.07, 6.45) is 5.06. The van der Waals surface area contributed by atoms with Gasteiger partial charge in [-0.15, -0.1) is 0 Å². The number of nitrogens with one attached hydrogen (secondary N) is 2. The van der Waals surface area contributed by atoms with Gasteiger partial charge >= 0.3 is 0 Å². The van der Waals surface area contributed by atoms with Gasteiger partial charge in [-0.1, -0.05) is 79.7 Å². The zero-order chi connectivity index (χ0) is 25.7. The van der Waals surface area contributed by atoms with E-state index < -0.39 is 29.8 Å². The Morgan fingerprint density at radius 3 is 2.19 bits per heavy atom. The maximum absolute atomic E-state index is 14.0. The molecular formula is C29H35N3O4. The van der Waals surface area contributed by atoms with E-state index in [1.807, 2.05) is 79.7 Å². The summed E-state index contributed by atoms with van der Waals surface area (Å²) in [6, 6.07) is 17.8. The van der Waals surface area contributed by atoms with E-state index in [9.17, 15) is 19.5 Å². The highest BCUT2D eigenvalue weighted by molar-refractivity contribution is 5.97. The minimum Gasteiger partial charge on any atom is -0.394 e. The van der Waals surface area contributed by atoms with Crippen molar-refractivity contribution < 1.29 is 19.5 Å². The molecule has 7 nitrogen and oxygen atoms in total. The number of hydrogen-bond donors (Lipinski definition) is 3. The Morgan fingerprint density at radius 2 is 1.61 bits per heavy atom. The minimum atomic E-state index is -0.812. The number of aliphatic hydroxyl groups excluding tert-OH is 1. The quantitative estimate of drug-likeness (QED) is 0.471. The van der Waals surface area contributed by atoms with Crippen molar-refractivity contribution in [3.05, 3.63) is 83.9 Å². The van der Waals surface area contributed by atoms with Gasteiger partial charge in [0.2, 0.25) is 17.7 Å². The third-order valence-electron chi connectivity index (χ3n) is 7.56. The van der Waals surface area contributed by atoms with E-state index in [0.29, 0.717) is 19.4 Å². The predicted octanol–water partition coefficient (Wildman–Crippen LogP) is 2.31. The number of likely N-dealkylation sites (tertiary alicyclic amines) is 1. The van der Waals surface area contributed by atoms with Crippen LogP contribution in [0, 0.1) is 23.7 Å². The first-order valence-electron chi connectivity index (χ1n) is 12.7. The monoisotopic (exact) mass is 489 g/mol. The normalized spacial score (nSPS) is 25.8. The van der Waals surface area contributed by atoms with Crippen LogP contribution in [0.1, 0.15) is 24.5 Å². The summed E-state index contributed by atoms with van der Waals surface area (Å²) < 4.78 is 0. The Hall–Kier alpha value is -3.45. The lowest BCUT2D eigenvalue weighted by molar-refractivity contribution is -0.143. The summed E-state index contributed by atoms with van der Waals surface area (Å²) in [6.45, 7) is 2.05. The van der Waals surface area contributed by atoms with Gasteiger partial charge in [0.25, 0.3) is 0 Å². The van der Waals surface area contributed by atoms with Gasteiger partial charge < -0.3 is 20.6 Å². The largest absolute Gasteiger partial charge is 0.394 e. The first kappa shape index (κ1) is 25.6. The van der Waals surface area contributed by atoms with E-state index >= 15 is 0 Å². The van der Waals surface area contributed by atoms with Crippen molar-refractivity contribution >= 4 is 17.7 Å². The maximum Gasteiger partial charge on any atom is 0.243 e. The molecule has 0 unspecified atom stereocenters. The van der Waals surface area contributed by atoms with Gasteiger partial charge in [0.15, 0.2) is 0 Å². The van der Waals surface area contributed by atoms with Crippen molar-refractivity contribution in [3.8, 4) is 0 Å². The Labute approximate surface area is 212 Å². The lowest BCUT2D eigenvalue weighted by Crippen LogP contribution is -2.52. The predicted molar refractivity (Wildman–Crippen MR) is 137 cm³/mol. The molecule has 3 N–H and O–H groups in total. The van der Waals surface area contributed by atoms with Crippen LogP contribution in [0.25, 0.3) is 0 Å². The Kier molecular flexibility index (Phi) is 8.21. The summed E-state index contributed by atoms with van der Waals surface area (Å²) in [5, 5.41) is 16.1. The molecule has 1 aliphatic heterocycles. The number of amides is 3. The van der Waals surface area contributed by atoms with Crippen molar-refractivity contribution in [2.45, 2.75) is 38.4 Å². The number of fused-ring (bicyclic) bond motifs is 1. The van der Waals surface area contributed by atoms with E-state index in [0.717, 1.165) is 11.1 Å². The van der Waals surface area contributed by atoms with Crippen LogP contribution >= 0.6 is 0 Å². The van der Waals surface area contributed by atoms with Crippen molar-refractivity contribution in [1.29, 1.82) is 0 Å². The number of carbonyl (C=O) groups excluding carboxylic acids is 3. The van der Waals surface area contributed by atoms with Gasteiger partial charge in [-0.05, 0) is 29.9 Å². The van der Waals surface area contributed by atoms with Crippen LogP contribution in [0.2, 0.25) is 0 Å². The van der Waals surface area contributed by atoms with Crippen LogP contribution in [0.5, 0.6) is 0 Å². The molecule has 3 amide bonds. The number of aliphatic hydroxyl groups is 1. The van der Waals surface area contributed by atoms with E-state index in [2.05, 4.69) is 10.6 Å². The molecule has 0 bridgehead atoms. The number of benzene rings is 2.